The molecule has 2 rings (SSSR count). The van der Waals surface area contributed by atoms with Crippen molar-refractivity contribution in [1.29, 1.82) is 0 Å². The molecular formula is C18H27N5O5S2. The van der Waals surface area contributed by atoms with Crippen molar-refractivity contribution < 1.29 is 24.0 Å². The summed E-state index contributed by atoms with van der Waals surface area (Å²) in [5, 5.41) is 9.61. The van der Waals surface area contributed by atoms with E-state index in [0.717, 1.165) is 11.3 Å². The first-order valence-corrected chi connectivity index (χ1v) is 11.3. The van der Waals surface area contributed by atoms with Crippen molar-refractivity contribution in [1.82, 2.24) is 15.6 Å². The Morgan fingerprint density at radius 2 is 2.17 bits per heavy atom. The third-order valence-corrected chi connectivity index (χ3v) is 5.89. The minimum absolute atomic E-state index is 0.0210. The van der Waals surface area contributed by atoms with Crippen LogP contribution in [0.15, 0.2) is 11.4 Å². The Morgan fingerprint density at radius 1 is 1.43 bits per heavy atom. The number of nitrogens with zero attached hydrogens (tertiary/aromatic N) is 2. The standard InChI is InChI=1S/C18H27N5O5S2/c1-18(2,3)28-17(26)20-5-6-29-9-11-10(15(25)22-11)7-12(24)14(23-27-4)13-8-21-16(19)30-13/h8,10-11H,5-7,9H2,1-4H3,(H2,19,21)(H,20,26)(H,22,25)/b23-14+/t10-,11-/m0/s1. The summed E-state index contributed by atoms with van der Waals surface area (Å²) in [4.78, 5) is 45.4. The first-order valence-electron chi connectivity index (χ1n) is 9.31. The third kappa shape index (κ3) is 7.17. The summed E-state index contributed by atoms with van der Waals surface area (Å²) in [7, 11) is 1.35. The van der Waals surface area contributed by atoms with E-state index in [2.05, 4.69) is 20.8 Å². The molecule has 1 aromatic rings. The highest BCUT2D eigenvalue weighted by Crippen LogP contribution is 2.25. The Bertz CT molecular complexity index is 805. The van der Waals surface area contributed by atoms with Crippen molar-refractivity contribution in [2.75, 3.05) is 30.9 Å². The largest absolute Gasteiger partial charge is 0.444 e. The molecule has 1 saturated heterocycles. The lowest BCUT2D eigenvalue weighted by molar-refractivity contribution is -0.136. The second-order valence-corrected chi connectivity index (χ2v) is 9.75. The number of thiazole rings is 1. The van der Waals surface area contributed by atoms with Crippen molar-refractivity contribution in [2.24, 2.45) is 11.1 Å². The first-order chi connectivity index (χ1) is 14.1. The van der Waals surface area contributed by atoms with Gasteiger partial charge in [0.25, 0.3) is 0 Å². The zero-order valence-electron chi connectivity index (χ0n) is 17.4. The molecule has 4 N–H and O–H groups in total. The van der Waals surface area contributed by atoms with Crippen LogP contribution in [0.4, 0.5) is 9.93 Å². The summed E-state index contributed by atoms with van der Waals surface area (Å²) in [5.74, 6) is 0.381. The molecule has 2 atom stereocenters. The zero-order chi connectivity index (χ0) is 22.3. The van der Waals surface area contributed by atoms with Crippen LogP contribution < -0.4 is 16.4 Å². The fraction of sp³-hybridized carbons (Fsp3) is 0.611. The summed E-state index contributed by atoms with van der Waals surface area (Å²) in [6.45, 7) is 5.85. The van der Waals surface area contributed by atoms with E-state index in [1.807, 2.05) is 0 Å². The quantitative estimate of drug-likeness (QED) is 0.207. The molecule has 0 aliphatic carbocycles. The normalized spacial score (nSPS) is 18.9. The van der Waals surface area contributed by atoms with Crippen LogP contribution in [-0.4, -0.2) is 65.3 Å². The second kappa shape index (κ2) is 10.6. The number of aromatic nitrogens is 1. The molecule has 1 aliphatic rings. The minimum Gasteiger partial charge on any atom is -0.444 e. The zero-order valence-corrected chi connectivity index (χ0v) is 19.0. The molecule has 12 heteroatoms. The number of oxime groups is 1. The van der Waals surface area contributed by atoms with Gasteiger partial charge < -0.3 is 25.9 Å². The maximum atomic E-state index is 12.7. The fourth-order valence-electron chi connectivity index (χ4n) is 2.64. The van der Waals surface area contributed by atoms with Crippen LogP contribution in [0.5, 0.6) is 0 Å². The smallest absolute Gasteiger partial charge is 0.407 e. The molecule has 2 amide bonds. The molecule has 1 aliphatic heterocycles. The van der Waals surface area contributed by atoms with Crippen LogP contribution >= 0.6 is 23.1 Å². The van der Waals surface area contributed by atoms with E-state index in [1.165, 1.54) is 13.3 Å². The fourth-order valence-corrected chi connectivity index (χ4v) is 4.30. The number of nitrogen functional groups attached to an aromatic ring is 1. The number of ether oxygens (including phenoxy) is 1. The van der Waals surface area contributed by atoms with Crippen molar-refractivity contribution in [3.8, 4) is 0 Å². The van der Waals surface area contributed by atoms with Crippen LogP contribution in [-0.2, 0) is 19.2 Å². The van der Waals surface area contributed by atoms with Crippen LogP contribution in [0.1, 0.15) is 32.1 Å². The number of hydrogen-bond acceptors (Lipinski definition) is 10. The number of thioether (sulfide) groups is 1. The van der Waals surface area contributed by atoms with E-state index >= 15 is 0 Å². The Morgan fingerprint density at radius 3 is 2.73 bits per heavy atom. The van der Waals surface area contributed by atoms with Gasteiger partial charge >= 0.3 is 6.09 Å². The van der Waals surface area contributed by atoms with Crippen molar-refractivity contribution in [3.05, 3.63) is 11.1 Å². The van der Waals surface area contributed by atoms with E-state index in [-0.39, 0.29) is 29.9 Å². The average molecular weight is 458 g/mol. The van der Waals surface area contributed by atoms with Crippen molar-refractivity contribution in [3.63, 3.8) is 0 Å². The monoisotopic (exact) mass is 457 g/mol. The lowest BCUT2D eigenvalue weighted by atomic mass is 9.86. The van der Waals surface area contributed by atoms with Crippen molar-refractivity contribution in [2.45, 2.75) is 38.8 Å². The number of alkyl carbamates (subject to hydrolysis) is 1. The number of rotatable bonds is 10. The van der Waals surface area contributed by atoms with Gasteiger partial charge in [-0.15, -0.1) is 0 Å². The number of nitrogens with one attached hydrogen (secondary N) is 2. The molecule has 166 valence electrons. The van der Waals surface area contributed by atoms with Gasteiger partial charge in [0.1, 0.15) is 12.7 Å². The van der Waals surface area contributed by atoms with E-state index in [0.29, 0.717) is 28.1 Å². The maximum absolute atomic E-state index is 12.7. The third-order valence-electron chi connectivity index (χ3n) is 3.97. The molecule has 30 heavy (non-hydrogen) atoms. The van der Waals surface area contributed by atoms with Gasteiger partial charge in [-0.25, -0.2) is 9.78 Å². The number of ketones is 1. The molecule has 0 unspecified atom stereocenters. The van der Waals surface area contributed by atoms with Gasteiger partial charge in [-0.3, -0.25) is 9.59 Å². The van der Waals surface area contributed by atoms with Crippen LogP contribution in [0.3, 0.4) is 0 Å². The van der Waals surface area contributed by atoms with Crippen LogP contribution in [0.25, 0.3) is 0 Å². The van der Waals surface area contributed by atoms with Crippen LogP contribution in [0.2, 0.25) is 0 Å². The maximum Gasteiger partial charge on any atom is 0.407 e. The van der Waals surface area contributed by atoms with Gasteiger partial charge in [0.05, 0.1) is 10.8 Å². The Hall–Kier alpha value is -2.34. The number of carbonyl (C=O) groups is 3. The Labute approximate surface area is 183 Å². The van der Waals surface area contributed by atoms with Gasteiger partial charge in [-0.05, 0) is 20.8 Å². The summed E-state index contributed by atoms with van der Waals surface area (Å²) in [5.41, 5.74) is 5.19. The lowest BCUT2D eigenvalue weighted by Gasteiger charge is -2.36. The van der Waals surface area contributed by atoms with E-state index in [1.54, 1.807) is 32.5 Å². The predicted octanol–water partition coefficient (Wildman–Crippen LogP) is 1.41. The Balaban J connectivity index is 1.78. The molecule has 10 nitrogen and oxygen atoms in total. The molecular weight excluding hydrogens is 430 g/mol. The number of carbonyl (C=O) groups excluding carboxylic acids is 3. The first kappa shape index (κ1) is 23.9. The number of β-lactam (4-membered cyclic amide) rings is 1. The molecule has 0 aromatic carbocycles. The molecule has 0 radical (unpaired) electrons. The summed E-state index contributed by atoms with van der Waals surface area (Å²) in [6.07, 6.45) is 1.02. The number of amides is 2. The second-order valence-electron chi connectivity index (χ2n) is 7.54. The summed E-state index contributed by atoms with van der Waals surface area (Å²) in [6, 6.07) is -0.122. The molecule has 0 saturated carbocycles. The number of hydrogen-bond donors (Lipinski definition) is 3. The van der Waals surface area contributed by atoms with Gasteiger partial charge in [0.15, 0.2) is 16.6 Å². The summed E-state index contributed by atoms with van der Waals surface area (Å²) >= 11 is 2.70. The molecule has 2 heterocycles. The molecule has 1 aromatic heterocycles. The number of anilines is 1. The SMILES string of the molecule is CO/N=C(\C(=O)C[C@@H]1C(=O)N[C@H]1CSCCNC(=O)OC(C)(C)C)c1cnc(N)s1. The molecule has 1 fully saturated rings. The van der Waals surface area contributed by atoms with E-state index < -0.39 is 17.6 Å². The predicted molar refractivity (Wildman–Crippen MR) is 117 cm³/mol. The molecule has 0 spiro atoms. The van der Waals surface area contributed by atoms with E-state index in [4.69, 9.17) is 15.3 Å². The van der Waals surface area contributed by atoms with Gasteiger partial charge in [-0.2, -0.15) is 11.8 Å². The number of Topliss-reactive ketones (excluding diaryl/α,β-unsaturated/α-hetero) is 1. The number of nitrogens with two attached hydrogens (primary N) is 1. The van der Waals surface area contributed by atoms with Gasteiger partial charge in [0, 0.05) is 36.7 Å². The molecule has 0 bridgehead atoms. The van der Waals surface area contributed by atoms with Gasteiger partial charge in [0.2, 0.25) is 5.91 Å². The van der Waals surface area contributed by atoms with E-state index in [9.17, 15) is 14.4 Å². The van der Waals surface area contributed by atoms with Crippen LogP contribution in [0, 0.1) is 5.92 Å². The topological polar surface area (TPSA) is 145 Å². The average Bonchev–Trinajstić information content (AvgIpc) is 3.07. The van der Waals surface area contributed by atoms with Crippen molar-refractivity contribution >= 4 is 51.7 Å². The Kier molecular flexibility index (Phi) is 8.47. The highest BCUT2D eigenvalue weighted by Gasteiger charge is 2.41. The minimum atomic E-state index is -0.539. The highest BCUT2D eigenvalue weighted by molar-refractivity contribution is 7.99. The lowest BCUT2D eigenvalue weighted by Crippen LogP contribution is -2.60. The highest BCUT2D eigenvalue weighted by atomic mass is 32.2. The van der Waals surface area contributed by atoms with Gasteiger partial charge in [-0.1, -0.05) is 16.5 Å². The summed E-state index contributed by atoms with van der Waals surface area (Å²) < 4.78 is 5.17.